The highest BCUT2D eigenvalue weighted by atomic mass is 16.3. The molecular formula is C16H20N2O. The van der Waals surface area contributed by atoms with Gasteiger partial charge in [-0.15, -0.1) is 0 Å². The lowest BCUT2D eigenvalue weighted by molar-refractivity contribution is 0.220. The van der Waals surface area contributed by atoms with Gasteiger partial charge in [0.1, 0.15) is 6.10 Å². The van der Waals surface area contributed by atoms with Gasteiger partial charge in [-0.25, -0.2) is 0 Å². The second kappa shape index (κ2) is 5.02. The molecule has 3 N–H and O–H groups in total. The van der Waals surface area contributed by atoms with Gasteiger partial charge in [-0.2, -0.15) is 0 Å². The topological polar surface area (TPSA) is 59.1 Å². The summed E-state index contributed by atoms with van der Waals surface area (Å²) in [6, 6.07) is 9.67. The van der Waals surface area contributed by atoms with E-state index in [2.05, 4.69) is 25.8 Å². The molecule has 2 aromatic rings. The third-order valence-corrected chi connectivity index (χ3v) is 3.27. The molecule has 0 saturated carbocycles. The van der Waals surface area contributed by atoms with Crippen LogP contribution in [-0.4, -0.2) is 10.1 Å². The summed E-state index contributed by atoms with van der Waals surface area (Å²) in [5.74, 6) is 0. The van der Waals surface area contributed by atoms with E-state index in [1.54, 1.807) is 18.5 Å². The molecule has 3 nitrogen and oxygen atoms in total. The summed E-state index contributed by atoms with van der Waals surface area (Å²) in [6.45, 7) is 6.49. The molecule has 0 radical (unpaired) electrons. The van der Waals surface area contributed by atoms with Crippen LogP contribution in [0.4, 0.5) is 5.69 Å². The Labute approximate surface area is 114 Å². The predicted octanol–water partition coefficient (Wildman–Crippen LogP) is 3.04. The van der Waals surface area contributed by atoms with Crippen LogP contribution in [0.15, 0.2) is 42.7 Å². The summed E-state index contributed by atoms with van der Waals surface area (Å²) < 4.78 is 0. The van der Waals surface area contributed by atoms with Gasteiger partial charge in [-0.05, 0) is 22.6 Å². The first-order chi connectivity index (χ1) is 8.89. The van der Waals surface area contributed by atoms with Crippen LogP contribution in [0.25, 0.3) is 0 Å². The number of aliphatic hydroxyl groups is 1. The van der Waals surface area contributed by atoms with Gasteiger partial charge in [-0.3, -0.25) is 4.98 Å². The van der Waals surface area contributed by atoms with Crippen molar-refractivity contribution in [2.75, 3.05) is 5.73 Å². The third-order valence-electron chi connectivity index (χ3n) is 3.27. The lowest BCUT2D eigenvalue weighted by Gasteiger charge is -2.20. The molecule has 1 atom stereocenters. The number of aliphatic hydroxyl groups excluding tert-OH is 1. The molecule has 100 valence electrons. The van der Waals surface area contributed by atoms with Crippen molar-refractivity contribution in [1.82, 2.24) is 4.98 Å². The van der Waals surface area contributed by atoms with Gasteiger partial charge in [0.15, 0.2) is 0 Å². The van der Waals surface area contributed by atoms with Crippen LogP contribution >= 0.6 is 0 Å². The number of aromatic nitrogens is 1. The Hall–Kier alpha value is -1.87. The van der Waals surface area contributed by atoms with E-state index in [1.165, 1.54) is 5.56 Å². The van der Waals surface area contributed by atoms with E-state index >= 15 is 0 Å². The monoisotopic (exact) mass is 256 g/mol. The number of nitrogens with two attached hydrogens (primary N) is 1. The van der Waals surface area contributed by atoms with E-state index in [4.69, 9.17) is 5.73 Å². The van der Waals surface area contributed by atoms with Crippen molar-refractivity contribution in [3.63, 3.8) is 0 Å². The molecule has 19 heavy (non-hydrogen) atoms. The van der Waals surface area contributed by atoms with Crippen molar-refractivity contribution >= 4 is 5.69 Å². The zero-order chi connectivity index (χ0) is 14.0. The molecular weight excluding hydrogens is 236 g/mol. The Kier molecular flexibility index (Phi) is 3.58. The van der Waals surface area contributed by atoms with Crippen LogP contribution in [0, 0.1) is 0 Å². The number of nitrogens with zero attached hydrogens (tertiary/aromatic N) is 1. The second-order valence-electron chi connectivity index (χ2n) is 5.78. The van der Waals surface area contributed by atoms with E-state index in [9.17, 15) is 5.11 Å². The molecule has 1 unspecified atom stereocenters. The van der Waals surface area contributed by atoms with Gasteiger partial charge in [-0.1, -0.05) is 45.0 Å². The number of hydrogen-bond donors (Lipinski definition) is 2. The maximum Gasteiger partial charge on any atom is 0.108 e. The maximum absolute atomic E-state index is 10.3. The fourth-order valence-electron chi connectivity index (χ4n) is 1.99. The van der Waals surface area contributed by atoms with Gasteiger partial charge in [0.2, 0.25) is 0 Å². The highest BCUT2D eigenvalue weighted by Gasteiger charge is 2.16. The lowest BCUT2D eigenvalue weighted by Crippen LogP contribution is -2.11. The van der Waals surface area contributed by atoms with E-state index in [0.29, 0.717) is 11.3 Å². The Balaban J connectivity index is 2.31. The molecule has 0 amide bonds. The molecule has 1 aromatic carbocycles. The van der Waals surface area contributed by atoms with Crippen LogP contribution in [0.3, 0.4) is 0 Å². The molecule has 0 spiro atoms. The summed E-state index contributed by atoms with van der Waals surface area (Å²) in [5, 5.41) is 10.3. The highest BCUT2D eigenvalue weighted by molar-refractivity contribution is 5.48. The second-order valence-corrected chi connectivity index (χ2v) is 5.78. The fraction of sp³-hybridized carbons (Fsp3) is 0.312. The highest BCUT2D eigenvalue weighted by Crippen LogP contribution is 2.28. The lowest BCUT2D eigenvalue weighted by atomic mass is 9.86. The molecule has 1 heterocycles. The third kappa shape index (κ3) is 2.93. The Morgan fingerprint density at radius 3 is 2.26 bits per heavy atom. The number of nitrogen functional groups attached to an aromatic ring is 1. The number of anilines is 1. The molecule has 0 saturated heterocycles. The Morgan fingerprint density at radius 1 is 1.11 bits per heavy atom. The van der Waals surface area contributed by atoms with Crippen LogP contribution in [-0.2, 0) is 5.41 Å². The largest absolute Gasteiger partial charge is 0.398 e. The SMILES string of the molecule is CC(C)(C)c1ccc(C(O)c2cnccc2N)cc1. The van der Waals surface area contributed by atoms with Gasteiger partial charge in [0.05, 0.1) is 0 Å². The summed E-state index contributed by atoms with van der Waals surface area (Å²) >= 11 is 0. The number of pyridine rings is 1. The van der Waals surface area contributed by atoms with Crippen LogP contribution in [0.1, 0.15) is 43.6 Å². The van der Waals surface area contributed by atoms with Crippen LogP contribution < -0.4 is 5.73 Å². The smallest absolute Gasteiger partial charge is 0.108 e. The molecule has 2 rings (SSSR count). The molecule has 0 fully saturated rings. The van der Waals surface area contributed by atoms with Gasteiger partial charge >= 0.3 is 0 Å². The minimum atomic E-state index is -0.734. The first-order valence-corrected chi connectivity index (χ1v) is 6.37. The van der Waals surface area contributed by atoms with Crippen molar-refractivity contribution in [3.05, 3.63) is 59.4 Å². The summed E-state index contributed by atoms with van der Waals surface area (Å²) in [5.41, 5.74) is 9.23. The van der Waals surface area contributed by atoms with E-state index in [-0.39, 0.29) is 5.41 Å². The molecule has 0 aliphatic carbocycles. The minimum absolute atomic E-state index is 0.108. The van der Waals surface area contributed by atoms with Gasteiger partial charge < -0.3 is 10.8 Å². The van der Waals surface area contributed by atoms with Crippen molar-refractivity contribution in [3.8, 4) is 0 Å². The zero-order valence-corrected chi connectivity index (χ0v) is 11.6. The average Bonchev–Trinajstić information content (AvgIpc) is 2.38. The quantitative estimate of drug-likeness (QED) is 0.868. The van der Waals surface area contributed by atoms with Crippen molar-refractivity contribution in [2.45, 2.75) is 32.3 Å². The molecule has 0 aliphatic rings. The predicted molar refractivity (Wildman–Crippen MR) is 77.9 cm³/mol. The molecule has 1 aromatic heterocycles. The molecule has 3 heteroatoms. The first-order valence-electron chi connectivity index (χ1n) is 6.37. The summed E-state index contributed by atoms with van der Waals surface area (Å²) in [4.78, 5) is 4.01. The zero-order valence-electron chi connectivity index (χ0n) is 11.6. The van der Waals surface area contributed by atoms with Crippen LogP contribution in [0.2, 0.25) is 0 Å². The van der Waals surface area contributed by atoms with Crippen molar-refractivity contribution in [1.29, 1.82) is 0 Å². The number of hydrogen-bond acceptors (Lipinski definition) is 3. The van der Waals surface area contributed by atoms with Crippen molar-refractivity contribution in [2.24, 2.45) is 0 Å². The van der Waals surface area contributed by atoms with E-state index in [0.717, 1.165) is 5.56 Å². The molecule has 0 bridgehead atoms. The average molecular weight is 256 g/mol. The van der Waals surface area contributed by atoms with Crippen LogP contribution in [0.5, 0.6) is 0 Å². The normalized spacial score (nSPS) is 13.3. The number of rotatable bonds is 2. The van der Waals surface area contributed by atoms with Gasteiger partial charge in [0, 0.05) is 23.6 Å². The Morgan fingerprint density at radius 2 is 1.74 bits per heavy atom. The van der Waals surface area contributed by atoms with E-state index < -0.39 is 6.10 Å². The summed E-state index contributed by atoms with van der Waals surface area (Å²) in [7, 11) is 0. The summed E-state index contributed by atoms with van der Waals surface area (Å²) in [6.07, 6.45) is 2.49. The number of benzene rings is 1. The molecule has 0 aliphatic heterocycles. The van der Waals surface area contributed by atoms with Gasteiger partial charge in [0.25, 0.3) is 0 Å². The maximum atomic E-state index is 10.3. The standard InChI is InChI=1S/C16H20N2O/c1-16(2,3)12-6-4-11(5-7-12)15(19)13-10-18-9-8-14(13)17/h4-10,15,19H,1-3H3,(H2,17,18). The van der Waals surface area contributed by atoms with Crippen molar-refractivity contribution < 1.29 is 5.11 Å². The van der Waals surface area contributed by atoms with E-state index in [1.807, 2.05) is 24.3 Å². The minimum Gasteiger partial charge on any atom is -0.398 e. The Bertz CT molecular complexity index is 556. The fourth-order valence-corrected chi connectivity index (χ4v) is 1.99. The first kappa shape index (κ1) is 13.6.